The Kier molecular flexibility index (Phi) is 4.57. The lowest BCUT2D eigenvalue weighted by molar-refractivity contribution is 0.637. The van der Waals surface area contributed by atoms with Crippen LogP contribution in [-0.4, -0.2) is 19.7 Å². The summed E-state index contributed by atoms with van der Waals surface area (Å²) in [6.45, 7) is 0.906. The maximum Gasteiger partial charge on any atom is 0.191 e. The van der Waals surface area contributed by atoms with Crippen LogP contribution in [-0.2, 0) is 18.7 Å². The molecule has 0 aliphatic carbocycles. The van der Waals surface area contributed by atoms with Gasteiger partial charge >= 0.3 is 0 Å². The van der Waals surface area contributed by atoms with Gasteiger partial charge in [-0.15, -0.1) is 21.5 Å². The summed E-state index contributed by atoms with van der Waals surface area (Å²) in [6, 6.07) is 14.6. The van der Waals surface area contributed by atoms with E-state index < -0.39 is 0 Å². The highest BCUT2D eigenvalue weighted by Gasteiger charge is 2.08. The number of aromatic nitrogens is 4. The lowest BCUT2D eigenvalue weighted by Gasteiger charge is -2.07. The van der Waals surface area contributed by atoms with E-state index in [1.54, 1.807) is 23.1 Å². The number of pyridine rings is 1. The van der Waals surface area contributed by atoms with Crippen LogP contribution in [0, 0.1) is 0 Å². The van der Waals surface area contributed by atoms with Crippen molar-refractivity contribution in [2.75, 3.05) is 0 Å². The van der Waals surface area contributed by atoms with Crippen molar-refractivity contribution >= 4 is 34.0 Å². The molecular weight excluding hydrogens is 336 g/mol. The monoisotopic (exact) mass is 352 g/mol. The number of hydrogen-bond donors (Lipinski definition) is 0. The first-order chi connectivity index (χ1) is 11.9. The number of fused-ring (bicyclic) bond motifs is 1. The molecule has 0 saturated heterocycles. The fraction of sp³-hybridized carbons (Fsp3) is 0.167. The molecule has 0 fully saturated rings. The molecule has 3 aromatic heterocycles. The molecule has 24 heavy (non-hydrogen) atoms. The SMILES string of the molecule is c1csc(CCn2cnnc2SCc2cccc3cccnc23)c1. The lowest BCUT2D eigenvalue weighted by Crippen LogP contribution is -2.01. The van der Waals surface area contributed by atoms with E-state index in [9.17, 15) is 0 Å². The van der Waals surface area contributed by atoms with E-state index in [2.05, 4.69) is 61.5 Å². The molecule has 6 heteroatoms. The first-order valence-electron chi connectivity index (χ1n) is 7.76. The average molecular weight is 352 g/mol. The van der Waals surface area contributed by atoms with Gasteiger partial charge in [-0.2, -0.15) is 0 Å². The van der Waals surface area contributed by atoms with Gasteiger partial charge in [-0.05, 0) is 29.5 Å². The number of nitrogens with zero attached hydrogens (tertiary/aromatic N) is 4. The second-order valence-corrected chi connectivity index (χ2v) is 7.39. The van der Waals surface area contributed by atoms with Gasteiger partial charge in [0.2, 0.25) is 0 Å². The quantitative estimate of drug-likeness (QED) is 0.482. The van der Waals surface area contributed by atoms with Gasteiger partial charge in [-0.1, -0.05) is 42.1 Å². The molecule has 1 aromatic carbocycles. The zero-order valence-electron chi connectivity index (χ0n) is 13.0. The van der Waals surface area contributed by atoms with Gasteiger partial charge in [0.05, 0.1) is 5.52 Å². The molecule has 0 aliphatic rings. The number of rotatable bonds is 6. The van der Waals surface area contributed by atoms with E-state index in [1.807, 2.05) is 18.6 Å². The average Bonchev–Trinajstić information content (AvgIpc) is 3.29. The first-order valence-corrected chi connectivity index (χ1v) is 9.62. The predicted molar refractivity (Wildman–Crippen MR) is 99.3 cm³/mol. The number of thiophene rings is 1. The third-order valence-corrected chi connectivity index (χ3v) is 5.80. The van der Waals surface area contributed by atoms with Gasteiger partial charge in [0.25, 0.3) is 0 Å². The number of para-hydroxylation sites is 1. The highest BCUT2D eigenvalue weighted by molar-refractivity contribution is 7.98. The summed E-state index contributed by atoms with van der Waals surface area (Å²) in [5.41, 5.74) is 2.29. The van der Waals surface area contributed by atoms with Crippen LogP contribution in [0.25, 0.3) is 10.9 Å². The zero-order chi connectivity index (χ0) is 16.2. The molecule has 4 aromatic rings. The lowest BCUT2D eigenvalue weighted by atomic mass is 10.1. The van der Waals surface area contributed by atoms with Crippen molar-refractivity contribution in [2.24, 2.45) is 0 Å². The second kappa shape index (κ2) is 7.15. The molecule has 120 valence electrons. The van der Waals surface area contributed by atoms with E-state index in [-0.39, 0.29) is 0 Å². The van der Waals surface area contributed by atoms with Gasteiger partial charge < -0.3 is 4.57 Å². The standard InChI is InChI=1S/C18H16N4S2/c1-4-14-6-2-9-19-17(14)15(5-1)12-24-18-21-20-13-22(18)10-8-16-7-3-11-23-16/h1-7,9,11,13H,8,10,12H2. The molecule has 0 aliphatic heterocycles. The largest absolute Gasteiger partial charge is 0.308 e. The maximum absolute atomic E-state index is 4.52. The molecule has 0 amide bonds. The van der Waals surface area contributed by atoms with Crippen LogP contribution in [0.5, 0.6) is 0 Å². The van der Waals surface area contributed by atoms with Crippen LogP contribution in [0.4, 0.5) is 0 Å². The number of aryl methyl sites for hydroxylation is 2. The highest BCUT2D eigenvalue weighted by atomic mass is 32.2. The van der Waals surface area contributed by atoms with Crippen molar-refractivity contribution in [3.8, 4) is 0 Å². The fourth-order valence-corrected chi connectivity index (χ4v) is 4.25. The number of benzene rings is 1. The molecule has 3 heterocycles. The van der Waals surface area contributed by atoms with Crippen molar-refractivity contribution in [1.29, 1.82) is 0 Å². The highest BCUT2D eigenvalue weighted by Crippen LogP contribution is 2.25. The Morgan fingerprint density at radius 3 is 2.96 bits per heavy atom. The summed E-state index contributed by atoms with van der Waals surface area (Å²) >= 11 is 3.50. The zero-order valence-corrected chi connectivity index (χ0v) is 14.6. The van der Waals surface area contributed by atoms with Crippen molar-refractivity contribution in [3.63, 3.8) is 0 Å². The van der Waals surface area contributed by atoms with Gasteiger partial charge in [-0.3, -0.25) is 4.98 Å². The van der Waals surface area contributed by atoms with Crippen molar-refractivity contribution < 1.29 is 0 Å². The smallest absolute Gasteiger partial charge is 0.191 e. The Morgan fingerprint density at radius 2 is 2.04 bits per heavy atom. The van der Waals surface area contributed by atoms with Crippen LogP contribution >= 0.6 is 23.1 Å². The van der Waals surface area contributed by atoms with Crippen molar-refractivity contribution in [3.05, 3.63) is 70.8 Å². The Labute approximate surface area is 148 Å². The molecule has 0 atom stereocenters. The third-order valence-electron chi connectivity index (χ3n) is 3.83. The van der Waals surface area contributed by atoms with Crippen LogP contribution in [0.3, 0.4) is 0 Å². The summed E-state index contributed by atoms with van der Waals surface area (Å²) in [5.74, 6) is 0.839. The molecule has 0 spiro atoms. The van der Waals surface area contributed by atoms with Crippen LogP contribution in [0.15, 0.2) is 65.5 Å². The van der Waals surface area contributed by atoms with Gasteiger partial charge in [0.15, 0.2) is 5.16 Å². The normalized spacial score (nSPS) is 11.2. The molecule has 4 rings (SSSR count). The number of hydrogen-bond acceptors (Lipinski definition) is 5. The maximum atomic E-state index is 4.52. The minimum absolute atomic E-state index is 0.839. The fourth-order valence-electron chi connectivity index (χ4n) is 2.62. The Hall–Kier alpha value is -2.18. The molecule has 0 unspecified atom stereocenters. The molecular formula is C18H16N4S2. The topological polar surface area (TPSA) is 43.6 Å². The number of thioether (sulfide) groups is 1. The van der Waals surface area contributed by atoms with Crippen LogP contribution < -0.4 is 0 Å². The van der Waals surface area contributed by atoms with Gasteiger partial charge in [0, 0.05) is 28.8 Å². The molecule has 0 bridgehead atoms. The first kappa shape index (κ1) is 15.4. The van der Waals surface area contributed by atoms with E-state index in [1.165, 1.54) is 15.8 Å². The van der Waals surface area contributed by atoms with E-state index >= 15 is 0 Å². The Morgan fingerprint density at radius 1 is 1.08 bits per heavy atom. The van der Waals surface area contributed by atoms with Crippen molar-refractivity contribution in [1.82, 2.24) is 19.7 Å². The summed E-state index contributed by atoms with van der Waals surface area (Å²) in [4.78, 5) is 5.91. The van der Waals surface area contributed by atoms with E-state index in [0.717, 1.165) is 29.4 Å². The Bertz CT molecular complexity index is 926. The Balaban J connectivity index is 1.47. The van der Waals surface area contributed by atoms with Crippen LogP contribution in [0.2, 0.25) is 0 Å². The molecule has 4 nitrogen and oxygen atoms in total. The van der Waals surface area contributed by atoms with Crippen molar-refractivity contribution in [2.45, 2.75) is 23.9 Å². The molecule has 0 saturated carbocycles. The third kappa shape index (κ3) is 3.34. The second-order valence-electron chi connectivity index (χ2n) is 5.42. The summed E-state index contributed by atoms with van der Waals surface area (Å²) < 4.78 is 2.13. The van der Waals surface area contributed by atoms with E-state index in [0.29, 0.717) is 0 Å². The van der Waals surface area contributed by atoms with Gasteiger partial charge in [-0.25, -0.2) is 0 Å². The summed E-state index contributed by atoms with van der Waals surface area (Å²) in [6.07, 6.45) is 4.68. The molecule has 0 N–H and O–H groups in total. The molecule has 0 radical (unpaired) electrons. The van der Waals surface area contributed by atoms with E-state index in [4.69, 9.17) is 0 Å². The minimum Gasteiger partial charge on any atom is -0.308 e. The minimum atomic E-state index is 0.839. The van der Waals surface area contributed by atoms with Gasteiger partial charge in [0.1, 0.15) is 6.33 Å². The summed E-state index contributed by atoms with van der Waals surface area (Å²) in [5, 5.41) is 12.6. The van der Waals surface area contributed by atoms with Crippen LogP contribution in [0.1, 0.15) is 10.4 Å². The summed E-state index contributed by atoms with van der Waals surface area (Å²) in [7, 11) is 0. The predicted octanol–water partition coefficient (Wildman–Crippen LogP) is 4.42.